The van der Waals surface area contributed by atoms with Gasteiger partial charge in [-0.25, -0.2) is 4.98 Å². The van der Waals surface area contributed by atoms with Crippen LogP contribution in [0.2, 0.25) is 0 Å². The molecule has 0 unspecified atom stereocenters. The molecule has 3 aromatic rings. The number of thiazole rings is 1. The van der Waals surface area contributed by atoms with Gasteiger partial charge in [0.15, 0.2) is 5.84 Å². The van der Waals surface area contributed by atoms with Gasteiger partial charge in [0.05, 0.1) is 16.8 Å². The molecule has 8 nitrogen and oxygen atoms in total. The van der Waals surface area contributed by atoms with Gasteiger partial charge >= 0.3 is 0 Å². The number of nitrogens with one attached hydrogen (secondary N) is 2. The van der Waals surface area contributed by atoms with Gasteiger partial charge in [0.25, 0.3) is 0 Å². The van der Waals surface area contributed by atoms with Crippen molar-refractivity contribution >= 4 is 38.8 Å². The Bertz CT molecular complexity index is 1110. The highest BCUT2D eigenvalue weighted by atomic mass is 32.1. The number of benzene rings is 2. The number of piperazine rings is 1. The molecule has 0 atom stereocenters. The van der Waals surface area contributed by atoms with Crippen molar-refractivity contribution in [2.24, 2.45) is 16.1 Å². The Kier molecular flexibility index (Phi) is 6.50. The van der Waals surface area contributed by atoms with Crippen LogP contribution < -0.4 is 16.0 Å². The Morgan fingerprint density at radius 2 is 1.91 bits per heavy atom. The summed E-state index contributed by atoms with van der Waals surface area (Å²) in [4.78, 5) is 9.63. The minimum absolute atomic E-state index is 0.282. The summed E-state index contributed by atoms with van der Waals surface area (Å²) in [5, 5.41) is 11.8. The number of hydrogen-bond acceptors (Lipinski definition) is 7. The van der Waals surface area contributed by atoms with Crippen LogP contribution in [0.4, 0.5) is 11.4 Å². The summed E-state index contributed by atoms with van der Waals surface area (Å²) in [5.74, 6) is 0.282. The number of amidine groups is 1. The van der Waals surface area contributed by atoms with E-state index in [0.29, 0.717) is 6.04 Å². The van der Waals surface area contributed by atoms with E-state index in [-0.39, 0.29) is 5.84 Å². The Hall–Kier alpha value is -3.04. The number of fused-ring (bicyclic) bond motifs is 1. The van der Waals surface area contributed by atoms with E-state index in [1.54, 1.807) is 11.3 Å². The highest BCUT2D eigenvalue weighted by Crippen LogP contribution is 2.30. The van der Waals surface area contributed by atoms with Gasteiger partial charge in [0.2, 0.25) is 0 Å². The first kappa shape index (κ1) is 21.8. The summed E-state index contributed by atoms with van der Waals surface area (Å²) in [6.07, 6.45) is 5.04. The van der Waals surface area contributed by atoms with Gasteiger partial charge in [-0.05, 0) is 43.2 Å². The van der Waals surface area contributed by atoms with Crippen LogP contribution in [0.1, 0.15) is 36.3 Å². The molecule has 0 radical (unpaired) electrons. The molecule has 33 heavy (non-hydrogen) atoms. The van der Waals surface area contributed by atoms with Crippen LogP contribution in [0.25, 0.3) is 10.2 Å². The van der Waals surface area contributed by atoms with E-state index < -0.39 is 0 Å². The van der Waals surface area contributed by atoms with E-state index in [0.717, 1.165) is 55.2 Å². The summed E-state index contributed by atoms with van der Waals surface area (Å²) in [6.45, 7) is 4.59. The lowest BCUT2D eigenvalue weighted by Gasteiger charge is -2.36. The van der Waals surface area contributed by atoms with Crippen LogP contribution >= 0.6 is 11.3 Å². The van der Waals surface area contributed by atoms with Crippen LogP contribution in [0.3, 0.4) is 0 Å². The van der Waals surface area contributed by atoms with Crippen molar-refractivity contribution in [3.8, 4) is 0 Å². The molecule has 1 aromatic heterocycles. The second-order valence-corrected chi connectivity index (χ2v) is 9.90. The number of nitrogens with two attached hydrogens (primary N) is 1. The second-order valence-electron chi connectivity index (χ2n) is 8.78. The summed E-state index contributed by atoms with van der Waals surface area (Å²) in [5.41, 5.74) is 17.3. The van der Waals surface area contributed by atoms with Crippen molar-refractivity contribution in [3.05, 3.63) is 53.0 Å². The summed E-state index contributed by atoms with van der Waals surface area (Å²) in [6, 6.07) is 15.1. The predicted octanol–water partition coefficient (Wildman–Crippen LogP) is 4.62. The quantitative estimate of drug-likeness (QED) is 0.206. The first-order chi connectivity index (χ1) is 16.2. The summed E-state index contributed by atoms with van der Waals surface area (Å²) >= 11 is 1.78. The van der Waals surface area contributed by atoms with Gasteiger partial charge in [0, 0.05) is 49.2 Å². The normalized spacial score (nSPS) is 18.2. The van der Waals surface area contributed by atoms with Gasteiger partial charge in [-0.2, -0.15) is 5.53 Å². The Labute approximate surface area is 198 Å². The number of nitrogens with zero attached hydrogens (tertiary/aromatic N) is 5. The molecule has 1 saturated heterocycles. The molecule has 2 heterocycles. The van der Waals surface area contributed by atoms with Crippen LogP contribution in [0.5, 0.6) is 0 Å². The van der Waals surface area contributed by atoms with Gasteiger partial charge in [-0.15, -0.1) is 16.4 Å². The molecule has 1 aliphatic carbocycles. The Balaban J connectivity index is 1.30. The zero-order valence-electron chi connectivity index (χ0n) is 18.7. The van der Waals surface area contributed by atoms with Crippen molar-refractivity contribution in [2.45, 2.75) is 38.3 Å². The second kappa shape index (κ2) is 9.84. The van der Waals surface area contributed by atoms with Crippen LogP contribution in [-0.2, 0) is 6.54 Å². The van der Waals surface area contributed by atoms with Crippen molar-refractivity contribution in [1.82, 2.24) is 9.88 Å². The van der Waals surface area contributed by atoms with Crippen molar-refractivity contribution in [2.75, 3.05) is 36.4 Å². The molecular formula is C24H30N8S. The van der Waals surface area contributed by atoms with E-state index in [1.807, 2.05) is 12.1 Å². The van der Waals surface area contributed by atoms with Crippen molar-refractivity contribution in [1.29, 1.82) is 5.53 Å². The third-order valence-corrected chi connectivity index (χ3v) is 7.59. The lowest BCUT2D eigenvalue weighted by Crippen LogP contribution is -2.46. The molecule has 0 amide bonds. The van der Waals surface area contributed by atoms with E-state index in [1.165, 1.54) is 35.4 Å². The molecule has 0 spiro atoms. The molecular weight excluding hydrogens is 432 g/mol. The fraction of sp³-hybridized carbons (Fsp3) is 0.417. The molecule has 1 aliphatic heterocycles. The smallest absolute Gasteiger partial charge is 0.157 e. The molecule has 1 saturated carbocycles. The van der Waals surface area contributed by atoms with E-state index in [9.17, 15) is 0 Å². The molecule has 0 bridgehead atoms. The van der Waals surface area contributed by atoms with Crippen molar-refractivity contribution < 1.29 is 0 Å². The highest BCUT2D eigenvalue weighted by Gasteiger charge is 2.23. The van der Waals surface area contributed by atoms with Crippen LogP contribution in [0.15, 0.2) is 52.8 Å². The Morgan fingerprint density at radius 3 is 2.67 bits per heavy atom. The van der Waals surface area contributed by atoms with Gasteiger partial charge in [-0.1, -0.05) is 30.2 Å². The lowest BCUT2D eigenvalue weighted by molar-refractivity contribution is 0.249. The molecule has 4 N–H and O–H groups in total. The molecule has 2 fully saturated rings. The van der Waals surface area contributed by atoms with Gasteiger partial charge in [0.1, 0.15) is 5.01 Å². The largest absolute Gasteiger partial charge is 0.382 e. The third kappa shape index (κ3) is 4.99. The zero-order valence-corrected chi connectivity index (χ0v) is 19.5. The van der Waals surface area contributed by atoms with E-state index in [4.69, 9.17) is 16.2 Å². The average Bonchev–Trinajstić information content (AvgIpc) is 3.49. The topological polar surface area (TPSA) is 106 Å². The van der Waals surface area contributed by atoms with Crippen LogP contribution in [0, 0.1) is 5.53 Å². The first-order valence-corrected chi connectivity index (χ1v) is 12.4. The molecule has 172 valence electrons. The first-order valence-electron chi connectivity index (χ1n) is 11.6. The van der Waals surface area contributed by atoms with Gasteiger partial charge in [-0.3, -0.25) is 4.90 Å². The maximum absolute atomic E-state index is 7.08. The number of anilines is 2. The fourth-order valence-electron chi connectivity index (χ4n) is 4.84. The lowest BCUT2D eigenvalue weighted by atomic mass is 10.1. The summed E-state index contributed by atoms with van der Waals surface area (Å²) in [7, 11) is 0. The minimum atomic E-state index is 0.282. The monoisotopic (exact) mass is 462 g/mol. The van der Waals surface area contributed by atoms with E-state index >= 15 is 0 Å². The SMILES string of the molecule is N=N/N=C(\N)c1ccc(NC2CCCC2)cc1N1CCN(Cc2nc3ccccc3s2)CC1. The third-order valence-electron chi connectivity index (χ3n) is 6.57. The molecule has 9 heteroatoms. The standard InChI is InChI=1S/C24H30N8S/c25-24(29-30-26)19-10-9-18(27-17-5-1-2-6-17)15-21(19)32-13-11-31(12-14-32)16-23-28-20-7-3-4-8-22(20)33-23/h3-4,7-10,15,17,27H,1-2,5-6,11-14,16H2,(H3,25,26,29). The minimum Gasteiger partial charge on any atom is -0.382 e. The number of hydrogen-bond donors (Lipinski definition) is 3. The Morgan fingerprint density at radius 1 is 1.12 bits per heavy atom. The molecule has 2 aliphatic rings. The maximum atomic E-state index is 7.08. The van der Waals surface area contributed by atoms with Gasteiger partial charge < -0.3 is 16.0 Å². The highest BCUT2D eigenvalue weighted by molar-refractivity contribution is 7.18. The predicted molar refractivity (Wildman–Crippen MR) is 135 cm³/mol. The van der Waals surface area contributed by atoms with E-state index in [2.05, 4.69) is 55.8 Å². The summed E-state index contributed by atoms with van der Waals surface area (Å²) < 4.78 is 1.25. The molecule has 2 aromatic carbocycles. The molecule has 5 rings (SSSR count). The number of para-hydroxylation sites is 1. The average molecular weight is 463 g/mol. The number of rotatable bonds is 7. The van der Waals surface area contributed by atoms with Crippen molar-refractivity contribution in [3.63, 3.8) is 0 Å². The zero-order chi connectivity index (χ0) is 22.6. The van der Waals surface area contributed by atoms with Crippen LogP contribution in [-0.4, -0.2) is 47.9 Å². The number of aromatic nitrogens is 1. The maximum Gasteiger partial charge on any atom is 0.157 e. The fourth-order valence-corrected chi connectivity index (χ4v) is 5.85.